The second-order valence-electron chi connectivity index (χ2n) is 18.8. The van der Waals surface area contributed by atoms with Crippen LogP contribution >= 0.6 is 23.5 Å². The van der Waals surface area contributed by atoms with Gasteiger partial charge in [0.25, 0.3) is 0 Å². The summed E-state index contributed by atoms with van der Waals surface area (Å²) in [4.78, 5) is 0. The van der Waals surface area contributed by atoms with Crippen LogP contribution < -0.4 is 28.4 Å². The zero-order valence-electron chi connectivity index (χ0n) is 41.0. The zero-order chi connectivity index (χ0) is 49.5. The van der Waals surface area contributed by atoms with E-state index in [-0.39, 0.29) is 0 Å². The van der Waals surface area contributed by atoms with E-state index in [1.54, 1.807) is 0 Å². The van der Waals surface area contributed by atoms with Crippen molar-refractivity contribution >= 4 is 45.1 Å². The highest BCUT2D eigenvalue weighted by Gasteiger charge is 2.21. The number of benzene rings is 10. The molecular weight excluding hydrogens is 953 g/mol. The predicted octanol–water partition coefficient (Wildman–Crippen LogP) is 16.6. The average Bonchev–Trinajstić information content (AvgIpc) is 3.45. The van der Waals surface area contributed by atoms with Crippen LogP contribution in [0.25, 0.3) is 32.7 Å². The summed E-state index contributed by atoms with van der Waals surface area (Å²) in [7, 11) is 0. The molecule has 10 aromatic carbocycles. The summed E-state index contributed by atoms with van der Waals surface area (Å²) in [6.45, 7) is 2.58. The van der Waals surface area contributed by atoms with E-state index in [2.05, 4.69) is 206 Å². The maximum Gasteiger partial charge on any atom is 0.128 e. The average molecular weight is 1010 g/mol. The summed E-state index contributed by atoms with van der Waals surface area (Å²) < 4.78 is 39.8. The minimum Gasteiger partial charge on any atom is -0.489 e. The number of ether oxygens (including phenoxy) is 6. The van der Waals surface area contributed by atoms with E-state index in [0.29, 0.717) is 39.6 Å². The smallest absolute Gasteiger partial charge is 0.128 e. The van der Waals surface area contributed by atoms with Gasteiger partial charge in [0, 0.05) is 45.3 Å². The fourth-order valence-electron chi connectivity index (χ4n) is 9.57. The van der Waals surface area contributed by atoms with Gasteiger partial charge in [-0.25, -0.2) is 0 Å². The zero-order valence-corrected chi connectivity index (χ0v) is 42.6. The Balaban J connectivity index is 0.875. The Morgan fingerprint density at radius 3 is 1.04 bits per heavy atom. The van der Waals surface area contributed by atoms with Gasteiger partial charge < -0.3 is 28.4 Å². The number of rotatable bonds is 0. The van der Waals surface area contributed by atoms with Crippen molar-refractivity contribution in [2.75, 3.05) is 0 Å². The van der Waals surface area contributed by atoms with Gasteiger partial charge in [0.15, 0.2) is 0 Å². The summed E-state index contributed by atoms with van der Waals surface area (Å²) in [5.41, 5.74) is 13.1. The Hall–Kier alpha value is -7.78. The van der Waals surface area contributed by atoms with Crippen molar-refractivity contribution in [2.45, 2.75) is 62.7 Å². The molecule has 13 aliphatic heterocycles. The van der Waals surface area contributed by atoms with Crippen LogP contribution in [0.3, 0.4) is 0 Å². The fraction of sp³-hybridized carbons (Fsp3) is 0.152. The van der Waals surface area contributed by atoms with Crippen molar-refractivity contribution in [1.82, 2.24) is 0 Å². The lowest BCUT2D eigenvalue weighted by atomic mass is 9.92. The second kappa shape index (κ2) is 22.1. The van der Waals surface area contributed by atoms with Gasteiger partial charge >= 0.3 is 0 Å². The van der Waals surface area contributed by atoms with Crippen molar-refractivity contribution < 1.29 is 28.4 Å². The molecule has 14 bridgehead atoms. The molecule has 0 saturated carbocycles. The summed E-state index contributed by atoms with van der Waals surface area (Å²) in [6, 6.07) is 72.4. The van der Waals surface area contributed by atoms with Gasteiger partial charge in [-0.15, -0.1) is 0 Å². The third kappa shape index (κ3) is 11.1. The molecule has 10 aromatic rings. The molecule has 366 valence electrons. The Kier molecular flexibility index (Phi) is 14.1. The summed E-state index contributed by atoms with van der Waals surface area (Å²) in [5.74, 6) is 8.15. The lowest BCUT2D eigenvalue weighted by molar-refractivity contribution is 0.292. The maximum absolute atomic E-state index is 6.85. The molecule has 0 unspecified atom stereocenters. The van der Waals surface area contributed by atoms with Gasteiger partial charge in [-0.1, -0.05) is 152 Å². The number of hydrogen-bond donors (Lipinski definition) is 0. The van der Waals surface area contributed by atoms with Crippen LogP contribution in [0, 0.1) is 0 Å². The minimum absolute atomic E-state index is 0.394. The van der Waals surface area contributed by atoms with Gasteiger partial charge in [-0.3, -0.25) is 0 Å². The summed E-state index contributed by atoms with van der Waals surface area (Å²) in [5, 5.41) is 4.48. The summed E-state index contributed by atoms with van der Waals surface area (Å²) in [6.07, 6.45) is 0. The lowest BCUT2D eigenvalue weighted by Gasteiger charge is -2.20. The molecular formula is C66H54O6S2. The van der Waals surface area contributed by atoms with Crippen LogP contribution in [-0.4, -0.2) is 0 Å². The molecule has 0 aliphatic carbocycles. The van der Waals surface area contributed by atoms with Crippen LogP contribution in [0.5, 0.6) is 34.5 Å². The predicted molar refractivity (Wildman–Crippen MR) is 302 cm³/mol. The highest BCUT2D eigenvalue weighted by Crippen LogP contribution is 2.46. The number of fused-ring (bicyclic) bond motifs is 2. The molecule has 0 amide bonds. The largest absolute Gasteiger partial charge is 0.489 e. The van der Waals surface area contributed by atoms with E-state index in [4.69, 9.17) is 28.4 Å². The first-order valence-corrected chi connectivity index (χ1v) is 27.4. The van der Waals surface area contributed by atoms with E-state index < -0.39 is 0 Å². The first kappa shape index (κ1) is 47.2. The van der Waals surface area contributed by atoms with Crippen LogP contribution in [-0.2, 0) is 62.7 Å². The van der Waals surface area contributed by atoms with Gasteiger partial charge in [0.2, 0.25) is 0 Å². The first-order valence-electron chi connectivity index (χ1n) is 25.1. The molecule has 74 heavy (non-hydrogen) atoms. The van der Waals surface area contributed by atoms with E-state index in [9.17, 15) is 0 Å². The molecule has 0 aromatic heterocycles. The Bertz CT molecular complexity index is 3320. The van der Waals surface area contributed by atoms with Crippen molar-refractivity contribution in [3.8, 4) is 45.6 Å². The van der Waals surface area contributed by atoms with Crippen LogP contribution in [0.4, 0.5) is 0 Å². The monoisotopic (exact) mass is 1010 g/mol. The Labute approximate surface area is 441 Å². The second-order valence-corrected chi connectivity index (χ2v) is 20.8. The van der Waals surface area contributed by atoms with E-state index in [1.807, 2.05) is 23.5 Å². The molecule has 13 aliphatic rings. The standard InChI is InChI=1S/C66H54O6S2/c1-3-10-59-53(8-1)24-30-61-65(59)66-60-11-4-2-9-54(60)25-31-62(66)70-36-46-14-18-48(19-15-46)38-72-64-34-55-43-73-41-49-20-26-57(27-21-49)67-39-51-6-5-7-52(32-51)40-68-58-28-22-50(23-29-58)42-74-44-56(64)33-63(55)71-37-47-16-12-45(13-17-47)35-69-61/h1-34H,35-44H2. The van der Waals surface area contributed by atoms with Crippen molar-refractivity contribution in [2.24, 2.45) is 0 Å². The van der Waals surface area contributed by atoms with E-state index in [0.717, 1.165) is 135 Å². The van der Waals surface area contributed by atoms with Crippen LogP contribution in [0.15, 0.2) is 206 Å². The van der Waals surface area contributed by atoms with Gasteiger partial charge in [-0.2, -0.15) is 23.5 Å². The molecule has 0 spiro atoms. The van der Waals surface area contributed by atoms with E-state index >= 15 is 0 Å². The molecule has 0 radical (unpaired) electrons. The SMILES string of the molecule is c1cc2cc(c1)COc1ccc(cc1)CSCc1cc3c(cc1OCc1ccc(cc1)COc1ccc4ccccc4c1-c1c(ccc4ccccc14)OCc1ccc(cc1)CO3)CSCc1ccc(cc1)OC2. The van der Waals surface area contributed by atoms with Crippen molar-refractivity contribution in [3.63, 3.8) is 0 Å². The highest BCUT2D eigenvalue weighted by molar-refractivity contribution is 7.98. The van der Waals surface area contributed by atoms with Crippen molar-refractivity contribution in [3.05, 3.63) is 262 Å². The van der Waals surface area contributed by atoms with Crippen LogP contribution in [0.1, 0.15) is 55.6 Å². The van der Waals surface area contributed by atoms with Gasteiger partial charge in [-0.05, 0) is 121 Å². The fourth-order valence-corrected chi connectivity index (χ4v) is 11.5. The maximum atomic E-state index is 6.85. The molecule has 0 saturated heterocycles. The molecule has 0 atom stereocenters. The van der Waals surface area contributed by atoms with Crippen LogP contribution in [0.2, 0.25) is 0 Å². The normalized spacial score (nSPS) is 14.2. The third-order valence-electron chi connectivity index (χ3n) is 13.6. The first-order chi connectivity index (χ1) is 36.6. The number of hydrogen-bond acceptors (Lipinski definition) is 8. The molecule has 8 heteroatoms. The molecule has 0 N–H and O–H groups in total. The highest BCUT2D eigenvalue weighted by atomic mass is 32.2. The summed E-state index contributed by atoms with van der Waals surface area (Å²) >= 11 is 3.72. The Morgan fingerprint density at radius 2 is 0.622 bits per heavy atom. The van der Waals surface area contributed by atoms with Gasteiger partial charge in [0.1, 0.15) is 74.1 Å². The molecule has 0 fully saturated rings. The van der Waals surface area contributed by atoms with Crippen molar-refractivity contribution in [1.29, 1.82) is 0 Å². The van der Waals surface area contributed by atoms with E-state index in [1.165, 1.54) is 11.1 Å². The third-order valence-corrected chi connectivity index (χ3v) is 15.7. The Morgan fingerprint density at radius 1 is 0.257 bits per heavy atom. The molecule has 13 heterocycles. The quantitative estimate of drug-likeness (QED) is 0.149. The topological polar surface area (TPSA) is 55.4 Å². The van der Waals surface area contributed by atoms with Gasteiger partial charge in [0.05, 0.1) is 0 Å². The minimum atomic E-state index is 0.394. The lowest BCUT2D eigenvalue weighted by Crippen LogP contribution is -2.04. The number of thioether (sulfide) groups is 2. The molecule has 6 nitrogen and oxygen atoms in total. The molecule has 23 rings (SSSR count).